The van der Waals surface area contributed by atoms with E-state index in [1.54, 1.807) is 30.5 Å². The van der Waals surface area contributed by atoms with Gasteiger partial charge in [0.25, 0.3) is 0 Å². The number of rotatable bonds is 5. The van der Waals surface area contributed by atoms with Gasteiger partial charge in [-0.25, -0.2) is 8.42 Å². The van der Waals surface area contributed by atoms with Crippen molar-refractivity contribution in [3.8, 4) is 0 Å². The first-order valence-corrected chi connectivity index (χ1v) is 10.2. The summed E-state index contributed by atoms with van der Waals surface area (Å²) in [5.74, 6) is -0.0572. The molecule has 1 heterocycles. The Morgan fingerprint density at radius 2 is 1.78 bits per heavy atom. The van der Waals surface area contributed by atoms with Crippen molar-refractivity contribution in [3.05, 3.63) is 77.6 Å². The van der Waals surface area contributed by atoms with Gasteiger partial charge < -0.3 is 4.55 Å². The average Bonchev–Trinajstić information content (AvgIpc) is 3.22. The Morgan fingerprint density at radius 3 is 2.41 bits per heavy atom. The molecule has 2 aliphatic rings. The SMILES string of the molecule is O=C(c1ccccn1)[C@@H]1[C@@H](c2ccc(CS(=O)(=O)[O-])cc2)[C@@H]2C=C[C@H]1C2.[Na+]. The second-order valence-electron chi connectivity index (χ2n) is 7.02. The minimum Gasteiger partial charge on any atom is -0.748 e. The van der Waals surface area contributed by atoms with Gasteiger partial charge in [0, 0.05) is 18.0 Å². The molecule has 7 heteroatoms. The second kappa shape index (κ2) is 7.97. The Morgan fingerprint density at radius 1 is 1.07 bits per heavy atom. The molecule has 1 fully saturated rings. The predicted octanol–water partition coefficient (Wildman–Crippen LogP) is -0.0806. The zero-order valence-corrected chi connectivity index (χ0v) is 17.8. The van der Waals surface area contributed by atoms with E-state index in [0.29, 0.717) is 17.2 Å². The summed E-state index contributed by atoms with van der Waals surface area (Å²) in [7, 11) is -4.30. The molecule has 0 saturated heterocycles. The van der Waals surface area contributed by atoms with Crippen LogP contribution >= 0.6 is 0 Å². The molecule has 1 aromatic carbocycles. The van der Waals surface area contributed by atoms with Crippen LogP contribution in [0.5, 0.6) is 0 Å². The fraction of sp³-hybridized carbons (Fsp3) is 0.300. The molecule has 0 unspecified atom stereocenters. The number of benzene rings is 1. The maximum Gasteiger partial charge on any atom is 1.00 e. The predicted molar refractivity (Wildman–Crippen MR) is 95.4 cm³/mol. The van der Waals surface area contributed by atoms with Gasteiger partial charge in [0.15, 0.2) is 5.78 Å². The smallest absolute Gasteiger partial charge is 0.748 e. The van der Waals surface area contributed by atoms with Gasteiger partial charge in [0.1, 0.15) is 5.69 Å². The van der Waals surface area contributed by atoms with E-state index in [-0.39, 0.29) is 53.1 Å². The molecule has 2 bridgehead atoms. The monoisotopic (exact) mass is 391 g/mol. The first kappa shape index (κ1) is 20.4. The Hall–Kier alpha value is -1.31. The molecule has 4 rings (SSSR count). The standard InChI is InChI=1S/C20H19NO4S.Na/c22-20(17-3-1-2-10-21-17)19-16-9-8-15(11-16)18(19)14-6-4-13(5-7-14)12-26(23,24)25;/h1-10,15-16,18-19H,11-12H2,(H,23,24,25);/q;+1/p-1/t15-,16+,18+,19+;/m1./s1. The van der Waals surface area contributed by atoms with Gasteiger partial charge in [-0.1, -0.05) is 42.5 Å². The number of ketones is 1. The number of nitrogens with zero attached hydrogens (tertiary/aromatic N) is 1. The number of allylic oxidation sites excluding steroid dienone is 2. The molecule has 0 radical (unpaired) electrons. The van der Waals surface area contributed by atoms with Crippen LogP contribution < -0.4 is 29.6 Å². The van der Waals surface area contributed by atoms with Gasteiger partial charge in [0.2, 0.25) is 0 Å². The van der Waals surface area contributed by atoms with Crippen molar-refractivity contribution in [3.63, 3.8) is 0 Å². The van der Waals surface area contributed by atoms with Crippen LogP contribution in [0.3, 0.4) is 0 Å². The first-order valence-electron chi connectivity index (χ1n) is 8.58. The summed E-state index contributed by atoms with van der Waals surface area (Å²) in [6.07, 6.45) is 6.88. The minimum absolute atomic E-state index is 0. The molecule has 27 heavy (non-hydrogen) atoms. The number of hydrogen-bond donors (Lipinski definition) is 0. The number of carbonyl (C=O) groups is 1. The molecule has 2 aromatic rings. The molecule has 134 valence electrons. The van der Waals surface area contributed by atoms with Crippen molar-refractivity contribution in [2.45, 2.75) is 18.1 Å². The number of hydrogen-bond acceptors (Lipinski definition) is 5. The van der Waals surface area contributed by atoms with E-state index in [0.717, 1.165) is 12.0 Å². The average molecular weight is 391 g/mol. The summed E-state index contributed by atoms with van der Waals surface area (Å²) in [6.45, 7) is 0. The van der Waals surface area contributed by atoms with Gasteiger partial charge in [-0.05, 0) is 41.5 Å². The van der Waals surface area contributed by atoms with Crippen molar-refractivity contribution < 1.29 is 47.3 Å². The third-order valence-corrected chi connectivity index (χ3v) is 6.07. The summed E-state index contributed by atoms with van der Waals surface area (Å²) >= 11 is 0. The van der Waals surface area contributed by atoms with Crippen molar-refractivity contribution in [2.24, 2.45) is 17.8 Å². The Bertz CT molecular complexity index is 957. The van der Waals surface area contributed by atoms with Crippen LogP contribution in [0.1, 0.15) is 34.0 Å². The quantitative estimate of drug-likeness (QED) is 0.308. The van der Waals surface area contributed by atoms with Crippen molar-refractivity contribution >= 4 is 15.9 Å². The Labute approximate surface area is 180 Å². The number of pyridine rings is 1. The summed E-state index contributed by atoms with van der Waals surface area (Å²) in [5, 5.41) is 0. The molecule has 0 amide bonds. The summed E-state index contributed by atoms with van der Waals surface area (Å²) < 4.78 is 32.8. The molecule has 1 aromatic heterocycles. The van der Waals surface area contributed by atoms with Gasteiger partial charge in [-0.15, -0.1) is 0 Å². The van der Waals surface area contributed by atoms with Crippen LogP contribution in [-0.2, 0) is 15.9 Å². The minimum atomic E-state index is -4.30. The molecule has 5 nitrogen and oxygen atoms in total. The molecule has 0 spiro atoms. The van der Waals surface area contributed by atoms with E-state index in [2.05, 4.69) is 17.1 Å². The van der Waals surface area contributed by atoms with Crippen LogP contribution in [-0.4, -0.2) is 23.7 Å². The third kappa shape index (κ3) is 4.25. The van der Waals surface area contributed by atoms with Gasteiger partial charge in [0.05, 0.1) is 15.9 Å². The van der Waals surface area contributed by atoms with E-state index in [1.165, 1.54) is 0 Å². The second-order valence-corrected chi connectivity index (χ2v) is 8.43. The molecule has 4 atom stereocenters. The topological polar surface area (TPSA) is 87.2 Å². The fourth-order valence-corrected chi connectivity index (χ4v) is 4.95. The summed E-state index contributed by atoms with van der Waals surface area (Å²) in [4.78, 5) is 17.3. The van der Waals surface area contributed by atoms with Crippen LogP contribution in [0.4, 0.5) is 0 Å². The van der Waals surface area contributed by atoms with Crippen LogP contribution in [0.2, 0.25) is 0 Å². The number of Topliss-reactive ketones (excluding diaryl/α,β-unsaturated/α-hetero) is 1. The zero-order valence-electron chi connectivity index (χ0n) is 15.0. The third-order valence-electron chi connectivity index (χ3n) is 5.39. The van der Waals surface area contributed by atoms with Crippen molar-refractivity contribution in [1.82, 2.24) is 4.98 Å². The van der Waals surface area contributed by atoms with Crippen LogP contribution in [0, 0.1) is 17.8 Å². The van der Waals surface area contributed by atoms with Gasteiger partial charge in [-0.3, -0.25) is 9.78 Å². The number of aromatic nitrogens is 1. The zero-order chi connectivity index (χ0) is 18.3. The van der Waals surface area contributed by atoms with E-state index in [4.69, 9.17) is 0 Å². The van der Waals surface area contributed by atoms with E-state index >= 15 is 0 Å². The van der Waals surface area contributed by atoms with Crippen LogP contribution in [0.15, 0.2) is 60.8 Å². The summed E-state index contributed by atoms with van der Waals surface area (Å²) in [5.41, 5.74) is 1.95. The molecular formula is C20H18NNaO4S. The largest absolute Gasteiger partial charge is 1.00 e. The van der Waals surface area contributed by atoms with Gasteiger partial charge >= 0.3 is 29.6 Å². The summed E-state index contributed by atoms with van der Waals surface area (Å²) in [6, 6.07) is 12.4. The molecular weight excluding hydrogens is 373 g/mol. The molecule has 2 aliphatic carbocycles. The van der Waals surface area contributed by atoms with Crippen molar-refractivity contribution in [1.29, 1.82) is 0 Å². The number of carbonyl (C=O) groups excluding carboxylic acids is 1. The van der Waals surface area contributed by atoms with Crippen molar-refractivity contribution in [2.75, 3.05) is 0 Å². The molecule has 0 N–H and O–H groups in total. The molecule has 1 saturated carbocycles. The molecule has 0 aliphatic heterocycles. The maximum absolute atomic E-state index is 13.1. The van der Waals surface area contributed by atoms with E-state index in [9.17, 15) is 17.8 Å². The fourth-order valence-electron chi connectivity index (χ4n) is 4.35. The maximum atomic E-state index is 13.1. The van der Waals surface area contributed by atoms with E-state index < -0.39 is 15.9 Å². The Kier molecular flexibility index (Phi) is 6.03. The van der Waals surface area contributed by atoms with E-state index in [1.807, 2.05) is 18.2 Å². The first-order chi connectivity index (χ1) is 12.4. The van der Waals surface area contributed by atoms with Gasteiger partial charge in [-0.2, -0.15) is 0 Å². The normalized spacial score (nSPS) is 26.0. The van der Waals surface area contributed by atoms with Crippen LogP contribution in [0.25, 0.3) is 0 Å². The number of fused-ring (bicyclic) bond motifs is 2. The Balaban J connectivity index is 0.00000210.